The lowest BCUT2D eigenvalue weighted by atomic mass is 10.3. The van der Waals surface area contributed by atoms with Gasteiger partial charge in [0, 0.05) is 0 Å². The predicted octanol–water partition coefficient (Wildman–Crippen LogP) is 2.96. The largest absolute Gasteiger partial charge is 0.384 e. The lowest BCUT2D eigenvalue weighted by Crippen LogP contribution is -1.86. The van der Waals surface area contributed by atoms with E-state index in [4.69, 9.17) is 11.0 Å². The van der Waals surface area contributed by atoms with Gasteiger partial charge in [0.25, 0.3) is 0 Å². The predicted molar refractivity (Wildman–Crippen MR) is 60.9 cm³/mol. The Morgan fingerprint density at radius 2 is 2.29 bits per heavy atom. The van der Waals surface area contributed by atoms with Crippen LogP contribution in [-0.2, 0) is 0 Å². The molecular weight excluding hydrogens is 262 g/mol. The first kappa shape index (κ1) is 9.31. The van der Waals surface area contributed by atoms with E-state index in [9.17, 15) is 0 Å². The summed E-state index contributed by atoms with van der Waals surface area (Å²) in [5, 5.41) is 8.73. The molecule has 0 atom stereocenters. The maximum Gasteiger partial charge on any atom is 0.119 e. The Hall–Kier alpha value is -1.25. The SMILES string of the molecule is N#Cc1cc(-c2ccc(Br)s2)[nH]c1N. The van der Waals surface area contributed by atoms with Crippen LogP contribution in [0.1, 0.15) is 5.56 Å². The van der Waals surface area contributed by atoms with Gasteiger partial charge >= 0.3 is 0 Å². The van der Waals surface area contributed by atoms with Crippen molar-refractivity contribution in [2.24, 2.45) is 0 Å². The number of rotatable bonds is 1. The number of hydrogen-bond donors (Lipinski definition) is 2. The normalized spacial score (nSPS) is 10.0. The highest BCUT2D eigenvalue weighted by molar-refractivity contribution is 9.11. The molecule has 2 aromatic rings. The van der Waals surface area contributed by atoms with Crippen molar-refractivity contribution in [3.8, 4) is 16.6 Å². The Labute approximate surface area is 93.3 Å². The number of aromatic amines is 1. The zero-order valence-electron chi connectivity index (χ0n) is 7.04. The molecule has 0 bridgehead atoms. The van der Waals surface area contributed by atoms with E-state index in [-0.39, 0.29) is 0 Å². The minimum Gasteiger partial charge on any atom is -0.384 e. The van der Waals surface area contributed by atoms with Crippen molar-refractivity contribution in [1.29, 1.82) is 5.26 Å². The Morgan fingerprint density at radius 3 is 2.79 bits per heavy atom. The van der Waals surface area contributed by atoms with Crippen molar-refractivity contribution in [2.45, 2.75) is 0 Å². The topological polar surface area (TPSA) is 65.6 Å². The maximum atomic E-state index is 8.73. The summed E-state index contributed by atoms with van der Waals surface area (Å²) in [6, 6.07) is 7.72. The second kappa shape index (κ2) is 3.48. The zero-order chi connectivity index (χ0) is 10.1. The summed E-state index contributed by atoms with van der Waals surface area (Å²) in [7, 11) is 0. The lowest BCUT2D eigenvalue weighted by Gasteiger charge is -1.88. The molecule has 0 saturated heterocycles. The first-order valence-electron chi connectivity index (χ1n) is 3.85. The summed E-state index contributed by atoms with van der Waals surface area (Å²) >= 11 is 4.97. The van der Waals surface area contributed by atoms with E-state index in [0.29, 0.717) is 11.4 Å². The van der Waals surface area contributed by atoms with Gasteiger partial charge in [-0.1, -0.05) is 0 Å². The third kappa shape index (κ3) is 1.54. The highest BCUT2D eigenvalue weighted by Crippen LogP contribution is 2.32. The molecule has 0 spiro atoms. The molecule has 0 saturated carbocycles. The molecule has 3 N–H and O–H groups in total. The standard InChI is InChI=1S/C9H6BrN3S/c10-8-2-1-7(14-8)6-3-5(4-11)9(12)13-6/h1-3,13H,12H2. The van der Waals surface area contributed by atoms with Gasteiger partial charge in [0.2, 0.25) is 0 Å². The molecule has 70 valence electrons. The van der Waals surface area contributed by atoms with Gasteiger partial charge in [0.05, 0.1) is 19.9 Å². The number of aromatic nitrogens is 1. The fourth-order valence-corrected chi connectivity index (χ4v) is 2.51. The fraction of sp³-hybridized carbons (Fsp3) is 0. The number of hydrogen-bond acceptors (Lipinski definition) is 3. The third-order valence-electron chi connectivity index (χ3n) is 1.81. The number of halogens is 1. The smallest absolute Gasteiger partial charge is 0.119 e. The van der Waals surface area contributed by atoms with Crippen LogP contribution in [0.5, 0.6) is 0 Å². The van der Waals surface area contributed by atoms with Gasteiger partial charge in [-0.15, -0.1) is 11.3 Å². The monoisotopic (exact) mass is 267 g/mol. The quantitative estimate of drug-likeness (QED) is 0.835. The number of nitrogens with two attached hydrogens (primary N) is 1. The summed E-state index contributed by atoms with van der Waals surface area (Å²) in [6.45, 7) is 0. The molecule has 2 heterocycles. The summed E-state index contributed by atoms with van der Waals surface area (Å²) in [5.41, 5.74) is 6.99. The number of anilines is 1. The van der Waals surface area contributed by atoms with Gasteiger partial charge in [-0.2, -0.15) is 5.26 Å². The average Bonchev–Trinajstić information content (AvgIpc) is 2.71. The lowest BCUT2D eigenvalue weighted by molar-refractivity contribution is 1.41. The molecule has 5 heteroatoms. The van der Waals surface area contributed by atoms with Crippen molar-refractivity contribution in [3.05, 3.63) is 27.5 Å². The van der Waals surface area contributed by atoms with Crippen LogP contribution in [0.3, 0.4) is 0 Å². The van der Waals surface area contributed by atoms with Gasteiger partial charge in [0.15, 0.2) is 0 Å². The molecule has 3 nitrogen and oxygen atoms in total. The minimum absolute atomic E-state index is 0.423. The van der Waals surface area contributed by atoms with Crippen molar-refractivity contribution in [3.63, 3.8) is 0 Å². The summed E-state index contributed by atoms with van der Waals surface area (Å²) < 4.78 is 1.05. The molecule has 0 amide bonds. The number of nitrogens with zero attached hydrogens (tertiary/aromatic N) is 1. The Bertz CT molecular complexity index is 506. The van der Waals surface area contributed by atoms with Crippen molar-refractivity contribution >= 4 is 33.1 Å². The summed E-state index contributed by atoms with van der Waals surface area (Å²) in [5.74, 6) is 0.423. The van der Waals surface area contributed by atoms with Crippen LogP contribution >= 0.6 is 27.3 Å². The molecule has 0 aromatic carbocycles. The minimum atomic E-state index is 0.423. The Kier molecular flexibility index (Phi) is 2.32. The van der Waals surface area contributed by atoms with Crippen LogP contribution in [0.2, 0.25) is 0 Å². The molecule has 14 heavy (non-hydrogen) atoms. The van der Waals surface area contributed by atoms with Gasteiger partial charge in [0.1, 0.15) is 11.9 Å². The molecule has 0 aliphatic carbocycles. The van der Waals surface area contributed by atoms with Gasteiger partial charge in [-0.3, -0.25) is 0 Å². The van der Waals surface area contributed by atoms with E-state index in [2.05, 4.69) is 20.9 Å². The van der Waals surface area contributed by atoms with E-state index in [1.165, 1.54) is 0 Å². The number of nitriles is 1. The number of thiophene rings is 1. The van der Waals surface area contributed by atoms with Crippen LogP contribution in [0, 0.1) is 11.3 Å². The van der Waals surface area contributed by atoms with E-state index in [1.807, 2.05) is 18.2 Å². The van der Waals surface area contributed by atoms with E-state index in [0.717, 1.165) is 14.4 Å². The molecule has 0 unspecified atom stereocenters. The van der Waals surface area contributed by atoms with Crippen molar-refractivity contribution < 1.29 is 0 Å². The number of nitrogen functional groups attached to an aromatic ring is 1. The second-order valence-electron chi connectivity index (χ2n) is 2.73. The first-order valence-corrected chi connectivity index (χ1v) is 5.46. The second-order valence-corrected chi connectivity index (χ2v) is 5.19. The van der Waals surface area contributed by atoms with E-state index >= 15 is 0 Å². The number of nitrogens with one attached hydrogen (secondary N) is 1. The molecule has 0 aliphatic rings. The molecule has 0 radical (unpaired) electrons. The third-order valence-corrected chi connectivity index (χ3v) is 3.46. The summed E-state index contributed by atoms with van der Waals surface area (Å²) in [6.07, 6.45) is 0. The average molecular weight is 268 g/mol. The zero-order valence-corrected chi connectivity index (χ0v) is 9.45. The van der Waals surface area contributed by atoms with Crippen LogP contribution in [0.15, 0.2) is 22.0 Å². The van der Waals surface area contributed by atoms with Crippen molar-refractivity contribution in [1.82, 2.24) is 4.98 Å². The van der Waals surface area contributed by atoms with Crippen LogP contribution in [-0.4, -0.2) is 4.98 Å². The highest BCUT2D eigenvalue weighted by Gasteiger charge is 2.07. The van der Waals surface area contributed by atoms with Gasteiger partial charge < -0.3 is 10.7 Å². The van der Waals surface area contributed by atoms with E-state index < -0.39 is 0 Å². The molecule has 0 aliphatic heterocycles. The Balaban J connectivity index is 2.48. The maximum absolute atomic E-state index is 8.73. The molecule has 2 rings (SSSR count). The fourth-order valence-electron chi connectivity index (χ4n) is 1.15. The van der Waals surface area contributed by atoms with Crippen LogP contribution < -0.4 is 5.73 Å². The van der Waals surface area contributed by atoms with Crippen molar-refractivity contribution in [2.75, 3.05) is 5.73 Å². The highest BCUT2D eigenvalue weighted by atomic mass is 79.9. The van der Waals surface area contributed by atoms with Crippen LogP contribution in [0.25, 0.3) is 10.6 Å². The van der Waals surface area contributed by atoms with Gasteiger partial charge in [-0.05, 0) is 34.1 Å². The molecular formula is C9H6BrN3S. The van der Waals surface area contributed by atoms with Crippen LogP contribution in [0.4, 0.5) is 5.82 Å². The van der Waals surface area contributed by atoms with Gasteiger partial charge in [-0.25, -0.2) is 0 Å². The van der Waals surface area contributed by atoms with E-state index in [1.54, 1.807) is 17.4 Å². The number of H-pyrrole nitrogens is 1. The first-order chi connectivity index (χ1) is 6.70. The molecule has 0 fully saturated rings. The molecule has 2 aromatic heterocycles. The Morgan fingerprint density at radius 1 is 1.50 bits per heavy atom. The summed E-state index contributed by atoms with van der Waals surface area (Å²) in [4.78, 5) is 4.03.